The summed E-state index contributed by atoms with van der Waals surface area (Å²) in [4.78, 5) is 2.11. The number of ether oxygens (including phenoxy) is 1. The third-order valence-electron chi connectivity index (χ3n) is 2.85. The van der Waals surface area contributed by atoms with Crippen LogP contribution in [-0.2, 0) is 11.3 Å². The molecule has 0 aliphatic heterocycles. The second kappa shape index (κ2) is 9.02. The Bertz CT molecular complexity index is 455. The first-order valence-electron chi connectivity index (χ1n) is 6.19. The summed E-state index contributed by atoms with van der Waals surface area (Å²) in [6, 6.07) is 5.54. The molecule has 20 heavy (non-hydrogen) atoms. The van der Waals surface area contributed by atoms with Crippen molar-refractivity contribution >= 4 is 29.0 Å². The molecule has 5 nitrogen and oxygen atoms in total. The van der Waals surface area contributed by atoms with Crippen molar-refractivity contribution in [3.05, 3.63) is 33.8 Å². The van der Waals surface area contributed by atoms with Gasteiger partial charge in [0.25, 0.3) is 0 Å². The topological polar surface area (TPSA) is 71.1 Å². The lowest BCUT2D eigenvalue weighted by atomic mass is 10.2. The molecule has 0 unspecified atom stereocenters. The van der Waals surface area contributed by atoms with E-state index in [1.807, 2.05) is 12.1 Å². The average molecular weight is 320 g/mol. The second-order valence-corrected chi connectivity index (χ2v) is 5.11. The number of benzene rings is 1. The van der Waals surface area contributed by atoms with Gasteiger partial charge in [0.2, 0.25) is 0 Å². The molecular formula is C13H19Cl2N3O2. The Balaban J connectivity index is 2.70. The second-order valence-electron chi connectivity index (χ2n) is 4.32. The van der Waals surface area contributed by atoms with Crippen LogP contribution in [0.25, 0.3) is 0 Å². The number of nitrogens with zero attached hydrogens (tertiary/aromatic N) is 2. The molecule has 0 saturated carbocycles. The Morgan fingerprint density at radius 2 is 2.15 bits per heavy atom. The molecule has 0 amide bonds. The number of hydrogen-bond acceptors (Lipinski definition) is 4. The molecule has 0 spiro atoms. The van der Waals surface area contributed by atoms with Crippen LogP contribution in [0.2, 0.25) is 10.0 Å². The zero-order valence-electron chi connectivity index (χ0n) is 11.4. The van der Waals surface area contributed by atoms with Gasteiger partial charge in [0.1, 0.15) is 5.84 Å². The van der Waals surface area contributed by atoms with Crippen molar-refractivity contribution < 1.29 is 9.94 Å². The first-order chi connectivity index (χ1) is 9.58. The molecule has 0 bridgehead atoms. The van der Waals surface area contributed by atoms with E-state index in [4.69, 9.17) is 38.9 Å². The summed E-state index contributed by atoms with van der Waals surface area (Å²) < 4.78 is 5.09. The van der Waals surface area contributed by atoms with Crippen molar-refractivity contribution in [2.75, 3.05) is 26.8 Å². The van der Waals surface area contributed by atoms with Gasteiger partial charge in [-0.25, -0.2) is 0 Å². The standard InChI is InChI=1S/C13H19Cl2N3O2/c1-20-8-7-18(6-5-12(16)17-19)9-10-3-2-4-11(14)13(10)15/h2-4,19H,5-9H2,1H3,(H2,16,17). The molecule has 0 heterocycles. The van der Waals surface area contributed by atoms with Crippen molar-refractivity contribution in [1.82, 2.24) is 4.90 Å². The summed E-state index contributed by atoms with van der Waals surface area (Å²) in [5.74, 6) is 0.199. The van der Waals surface area contributed by atoms with E-state index in [-0.39, 0.29) is 5.84 Å². The lowest BCUT2D eigenvalue weighted by Crippen LogP contribution is -2.31. The fourth-order valence-electron chi connectivity index (χ4n) is 1.72. The monoisotopic (exact) mass is 319 g/mol. The van der Waals surface area contributed by atoms with E-state index >= 15 is 0 Å². The molecule has 0 radical (unpaired) electrons. The minimum absolute atomic E-state index is 0.199. The van der Waals surface area contributed by atoms with E-state index < -0.39 is 0 Å². The summed E-state index contributed by atoms with van der Waals surface area (Å²) in [6.45, 7) is 2.58. The predicted octanol–water partition coefficient (Wildman–Crippen LogP) is 2.58. The molecule has 0 aliphatic rings. The van der Waals surface area contributed by atoms with E-state index in [1.54, 1.807) is 13.2 Å². The Morgan fingerprint density at radius 1 is 1.40 bits per heavy atom. The zero-order valence-corrected chi connectivity index (χ0v) is 12.9. The minimum Gasteiger partial charge on any atom is -0.409 e. The van der Waals surface area contributed by atoms with Crippen molar-refractivity contribution in [3.63, 3.8) is 0 Å². The van der Waals surface area contributed by atoms with E-state index in [9.17, 15) is 0 Å². The van der Waals surface area contributed by atoms with Gasteiger partial charge < -0.3 is 15.7 Å². The fourth-order valence-corrected chi connectivity index (χ4v) is 2.10. The van der Waals surface area contributed by atoms with Crippen LogP contribution in [0, 0.1) is 0 Å². The molecule has 0 fully saturated rings. The Kier molecular flexibility index (Phi) is 7.69. The summed E-state index contributed by atoms with van der Waals surface area (Å²) in [5.41, 5.74) is 6.43. The van der Waals surface area contributed by atoms with Crippen LogP contribution in [0.5, 0.6) is 0 Å². The number of hydrogen-bond donors (Lipinski definition) is 2. The number of oxime groups is 1. The van der Waals surface area contributed by atoms with Crippen LogP contribution in [0.1, 0.15) is 12.0 Å². The van der Waals surface area contributed by atoms with Crippen LogP contribution in [-0.4, -0.2) is 42.7 Å². The first-order valence-corrected chi connectivity index (χ1v) is 6.94. The maximum atomic E-state index is 8.58. The Labute approximate surface area is 128 Å². The molecule has 0 aliphatic carbocycles. The van der Waals surface area contributed by atoms with Crippen LogP contribution in [0.4, 0.5) is 0 Å². The highest BCUT2D eigenvalue weighted by molar-refractivity contribution is 6.42. The smallest absolute Gasteiger partial charge is 0.140 e. The molecule has 3 N–H and O–H groups in total. The van der Waals surface area contributed by atoms with Gasteiger partial charge in [0.15, 0.2) is 0 Å². The summed E-state index contributed by atoms with van der Waals surface area (Å²) in [6.07, 6.45) is 0.471. The average Bonchev–Trinajstić information content (AvgIpc) is 2.45. The van der Waals surface area contributed by atoms with Gasteiger partial charge in [-0.05, 0) is 11.6 Å². The third kappa shape index (κ3) is 5.54. The van der Waals surface area contributed by atoms with Crippen molar-refractivity contribution in [2.24, 2.45) is 10.9 Å². The van der Waals surface area contributed by atoms with Gasteiger partial charge in [-0.15, -0.1) is 0 Å². The van der Waals surface area contributed by atoms with Gasteiger partial charge in [-0.2, -0.15) is 0 Å². The maximum absolute atomic E-state index is 8.58. The van der Waals surface area contributed by atoms with Gasteiger partial charge in [0, 0.05) is 33.2 Å². The van der Waals surface area contributed by atoms with Crippen LogP contribution in [0.15, 0.2) is 23.4 Å². The van der Waals surface area contributed by atoms with E-state index in [1.165, 1.54) is 0 Å². The predicted molar refractivity (Wildman–Crippen MR) is 81.6 cm³/mol. The Morgan fingerprint density at radius 3 is 2.80 bits per heavy atom. The lowest BCUT2D eigenvalue weighted by Gasteiger charge is -2.22. The molecule has 0 atom stereocenters. The van der Waals surface area contributed by atoms with Crippen LogP contribution >= 0.6 is 23.2 Å². The van der Waals surface area contributed by atoms with Gasteiger partial charge in [-0.3, -0.25) is 4.90 Å². The van der Waals surface area contributed by atoms with E-state index in [0.29, 0.717) is 36.2 Å². The molecule has 0 saturated heterocycles. The molecule has 1 aromatic carbocycles. The molecule has 0 aromatic heterocycles. The Hall–Kier alpha value is -1.01. The quantitative estimate of drug-likeness (QED) is 0.334. The zero-order chi connectivity index (χ0) is 15.0. The van der Waals surface area contributed by atoms with Crippen molar-refractivity contribution in [1.29, 1.82) is 0 Å². The van der Waals surface area contributed by atoms with E-state index in [0.717, 1.165) is 12.1 Å². The van der Waals surface area contributed by atoms with Gasteiger partial charge in [-0.1, -0.05) is 40.5 Å². The molecular weight excluding hydrogens is 301 g/mol. The number of nitrogens with two attached hydrogens (primary N) is 1. The SMILES string of the molecule is COCCN(CC/C(N)=N/O)Cc1cccc(Cl)c1Cl. The highest BCUT2D eigenvalue weighted by Gasteiger charge is 2.11. The molecule has 1 rings (SSSR count). The maximum Gasteiger partial charge on any atom is 0.140 e. The minimum atomic E-state index is 0.199. The summed E-state index contributed by atoms with van der Waals surface area (Å²) in [7, 11) is 1.65. The number of amidine groups is 1. The van der Waals surface area contributed by atoms with Gasteiger partial charge >= 0.3 is 0 Å². The highest BCUT2D eigenvalue weighted by atomic mass is 35.5. The van der Waals surface area contributed by atoms with Gasteiger partial charge in [0.05, 0.1) is 16.7 Å². The number of methoxy groups -OCH3 is 1. The summed E-state index contributed by atoms with van der Waals surface area (Å²) >= 11 is 12.2. The van der Waals surface area contributed by atoms with Crippen molar-refractivity contribution in [3.8, 4) is 0 Å². The van der Waals surface area contributed by atoms with E-state index in [2.05, 4.69) is 10.1 Å². The first kappa shape index (κ1) is 17.0. The molecule has 1 aromatic rings. The number of halogens is 2. The molecule has 112 valence electrons. The number of rotatable bonds is 8. The van der Waals surface area contributed by atoms with Crippen LogP contribution < -0.4 is 5.73 Å². The fraction of sp³-hybridized carbons (Fsp3) is 0.462. The third-order valence-corrected chi connectivity index (χ3v) is 3.71. The highest BCUT2D eigenvalue weighted by Crippen LogP contribution is 2.26. The molecule has 7 heteroatoms. The lowest BCUT2D eigenvalue weighted by molar-refractivity contribution is 0.145. The largest absolute Gasteiger partial charge is 0.409 e. The van der Waals surface area contributed by atoms with Crippen LogP contribution in [0.3, 0.4) is 0 Å². The normalized spacial score (nSPS) is 12.1. The summed E-state index contributed by atoms with van der Waals surface area (Å²) in [5, 5.41) is 12.6. The van der Waals surface area contributed by atoms with Crippen molar-refractivity contribution in [2.45, 2.75) is 13.0 Å².